The summed E-state index contributed by atoms with van der Waals surface area (Å²) in [6.07, 6.45) is 4.94. The highest BCUT2D eigenvalue weighted by molar-refractivity contribution is 5.75. The molecule has 0 saturated heterocycles. The van der Waals surface area contributed by atoms with Crippen LogP contribution in [-0.2, 0) is 0 Å². The van der Waals surface area contributed by atoms with Gasteiger partial charge in [-0.3, -0.25) is 10.7 Å². The Morgan fingerprint density at radius 2 is 2.12 bits per heavy atom. The maximum absolute atomic E-state index is 6.01. The first-order chi connectivity index (χ1) is 7.72. The summed E-state index contributed by atoms with van der Waals surface area (Å²) in [6.45, 7) is 0. The normalized spacial score (nSPS) is 22.6. The molecule has 1 atom stereocenters. The lowest BCUT2D eigenvalue weighted by Gasteiger charge is -2.29. The third-order valence-corrected chi connectivity index (χ3v) is 2.20. The first-order valence-corrected chi connectivity index (χ1v) is 4.90. The molecule has 0 aromatic heterocycles. The molecule has 84 valence electrons. The highest BCUT2D eigenvalue weighted by Gasteiger charge is 2.21. The zero-order valence-electron chi connectivity index (χ0n) is 8.97. The van der Waals surface area contributed by atoms with Gasteiger partial charge in [0.15, 0.2) is 5.79 Å². The molecule has 0 radical (unpaired) electrons. The van der Waals surface area contributed by atoms with E-state index in [0.29, 0.717) is 0 Å². The molecule has 1 aliphatic rings. The number of methoxy groups -OCH3 is 1. The van der Waals surface area contributed by atoms with E-state index < -0.39 is 5.79 Å². The van der Waals surface area contributed by atoms with Gasteiger partial charge in [0, 0.05) is 18.1 Å². The Morgan fingerprint density at radius 1 is 1.38 bits per heavy atom. The monoisotopic (exact) mass is 218 g/mol. The van der Waals surface area contributed by atoms with Gasteiger partial charge in [-0.25, -0.2) is 0 Å². The Morgan fingerprint density at radius 3 is 2.69 bits per heavy atom. The number of nitrogens with one attached hydrogen (secondary N) is 2. The predicted molar refractivity (Wildman–Crippen MR) is 64.3 cm³/mol. The zero-order chi connectivity index (χ0) is 11.4. The van der Waals surface area contributed by atoms with Crippen LogP contribution in [0.3, 0.4) is 0 Å². The van der Waals surface area contributed by atoms with Gasteiger partial charge in [0.05, 0.1) is 13.3 Å². The van der Waals surface area contributed by atoms with Gasteiger partial charge in [-0.15, -0.1) is 0 Å². The van der Waals surface area contributed by atoms with Crippen molar-refractivity contribution in [1.82, 2.24) is 5.32 Å². The fourth-order valence-electron chi connectivity index (χ4n) is 1.40. The Hall–Kier alpha value is -2.01. The van der Waals surface area contributed by atoms with Crippen molar-refractivity contribution in [2.45, 2.75) is 5.79 Å². The molecule has 1 unspecified atom stereocenters. The van der Waals surface area contributed by atoms with Crippen LogP contribution in [0.15, 0.2) is 41.7 Å². The summed E-state index contributed by atoms with van der Waals surface area (Å²) in [4.78, 5) is 3.98. The third-order valence-electron chi connectivity index (χ3n) is 2.20. The van der Waals surface area contributed by atoms with Gasteiger partial charge in [0.1, 0.15) is 5.75 Å². The second kappa shape index (κ2) is 4.24. The molecule has 1 aliphatic heterocycles. The lowest BCUT2D eigenvalue weighted by atomic mass is 10.2. The van der Waals surface area contributed by atoms with E-state index in [4.69, 9.17) is 10.5 Å². The smallest absolute Gasteiger partial charge is 0.199 e. The summed E-state index contributed by atoms with van der Waals surface area (Å²) in [5.41, 5.74) is 6.89. The number of benzene rings is 1. The molecule has 0 spiro atoms. The van der Waals surface area contributed by atoms with Crippen molar-refractivity contribution >= 4 is 11.9 Å². The molecule has 1 aromatic carbocycles. The molecule has 4 N–H and O–H groups in total. The number of aliphatic imine (C=N–C) groups is 1. The topological polar surface area (TPSA) is 71.7 Å². The summed E-state index contributed by atoms with van der Waals surface area (Å²) < 4.78 is 5.07. The average molecular weight is 218 g/mol. The van der Waals surface area contributed by atoms with Crippen LogP contribution in [0.4, 0.5) is 5.69 Å². The largest absolute Gasteiger partial charge is 0.497 e. The fraction of sp³-hybridized carbons (Fsp3) is 0.182. The maximum atomic E-state index is 6.01. The van der Waals surface area contributed by atoms with E-state index in [-0.39, 0.29) is 0 Å². The van der Waals surface area contributed by atoms with Crippen LogP contribution in [0, 0.1) is 0 Å². The van der Waals surface area contributed by atoms with Gasteiger partial charge < -0.3 is 15.4 Å². The Labute approximate surface area is 94.0 Å². The van der Waals surface area contributed by atoms with Crippen molar-refractivity contribution < 1.29 is 4.74 Å². The van der Waals surface area contributed by atoms with Crippen molar-refractivity contribution in [2.24, 2.45) is 10.7 Å². The summed E-state index contributed by atoms with van der Waals surface area (Å²) in [5.74, 6) is -0.0367. The van der Waals surface area contributed by atoms with Crippen molar-refractivity contribution in [3.8, 4) is 5.75 Å². The minimum absolute atomic E-state index is 0.807. The molecular formula is C11H14N4O. The van der Waals surface area contributed by atoms with Gasteiger partial charge in [-0.1, -0.05) is 0 Å². The minimum atomic E-state index is -0.844. The van der Waals surface area contributed by atoms with Crippen LogP contribution < -0.4 is 21.1 Å². The molecule has 0 aliphatic carbocycles. The van der Waals surface area contributed by atoms with Gasteiger partial charge in [0.25, 0.3) is 0 Å². The van der Waals surface area contributed by atoms with E-state index in [0.717, 1.165) is 11.4 Å². The summed E-state index contributed by atoms with van der Waals surface area (Å²) >= 11 is 0. The van der Waals surface area contributed by atoms with E-state index in [1.165, 1.54) is 0 Å². The number of anilines is 1. The number of nitrogens with two attached hydrogens (primary N) is 1. The van der Waals surface area contributed by atoms with Crippen LogP contribution >= 0.6 is 0 Å². The standard InChI is InChI=1S/C11H14N4O/c1-16-10-4-2-9(3-5-10)15-11(12)8-13-6-7-14-11/h2-8,14-15H,12H2,1H3. The zero-order valence-corrected chi connectivity index (χ0v) is 8.97. The maximum Gasteiger partial charge on any atom is 0.199 e. The Kier molecular flexibility index (Phi) is 2.78. The molecule has 0 amide bonds. The lowest BCUT2D eigenvalue weighted by Crippen LogP contribution is -2.60. The average Bonchev–Trinajstić information content (AvgIpc) is 2.30. The molecule has 5 heteroatoms. The van der Waals surface area contributed by atoms with Crippen molar-refractivity contribution in [3.05, 3.63) is 36.7 Å². The molecule has 0 bridgehead atoms. The predicted octanol–water partition coefficient (Wildman–Crippen LogP) is 0.865. The van der Waals surface area contributed by atoms with E-state index in [9.17, 15) is 0 Å². The molecule has 0 fully saturated rings. The van der Waals surface area contributed by atoms with Gasteiger partial charge >= 0.3 is 0 Å². The van der Waals surface area contributed by atoms with Gasteiger partial charge in [-0.05, 0) is 24.3 Å². The number of hydrogen-bond donors (Lipinski definition) is 3. The number of ether oxygens (including phenoxy) is 1. The molecule has 1 aromatic rings. The van der Waals surface area contributed by atoms with Crippen molar-refractivity contribution in [1.29, 1.82) is 0 Å². The number of rotatable bonds is 3. The first-order valence-electron chi connectivity index (χ1n) is 4.90. The van der Waals surface area contributed by atoms with Crippen molar-refractivity contribution in [2.75, 3.05) is 12.4 Å². The third kappa shape index (κ3) is 2.32. The summed E-state index contributed by atoms with van der Waals surface area (Å²) in [7, 11) is 1.63. The van der Waals surface area contributed by atoms with Gasteiger partial charge in [-0.2, -0.15) is 0 Å². The molecule has 0 saturated carbocycles. The van der Waals surface area contributed by atoms with E-state index >= 15 is 0 Å². The Balaban J connectivity index is 2.08. The molecule has 1 heterocycles. The number of hydrogen-bond acceptors (Lipinski definition) is 5. The van der Waals surface area contributed by atoms with Crippen LogP contribution in [0.5, 0.6) is 5.75 Å². The quantitative estimate of drug-likeness (QED) is 0.658. The van der Waals surface area contributed by atoms with Crippen molar-refractivity contribution in [3.63, 3.8) is 0 Å². The SMILES string of the molecule is COc1ccc(NC2(N)C=NC=CN2)cc1. The molecular weight excluding hydrogens is 204 g/mol. The van der Waals surface area contributed by atoms with Crippen LogP contribution in [0.25, 0.3) is 0 Å². The van der Waals surface area contributed by atoms with E-state index in [2.05, 4.69) is 15.6 Å². The highest BCUT2D eigenvalue weighted by atomic mass is 16.5. The minimum Gasteiger partial charge on any atom is -0.497 e. The molecule has 16 heavy (non-hydrogen) atoms. The molecule has 2 rings (SSSR count). The van der Waals surface area contributed by atoms with Crippen LogP contribution in [-0.4, -0.2) is 19.1 Å². The van der Waals surface area contributed by atoms with E-state index in [1.54, 1.807) is 25.7 Å². The summed E-state index contributed by atoms with van der Waals surface area (Å²) in [6, 6.07) is 7.51. The first kappa shape index (κ1) is 10.5. The lowest BCUT2D eigenvalue weighted by molar-refractivity contribution is 0.415. The second-order valence-corrected chi connectivity index (χ2v) is 3.46. The fourth-order valence-corrected chi connectivity index (χ4v) is 1.40. The van der Waals surface area contributed by atoms with Gasteiger partial charge in [0.2, 0.25) is 0 Å². The molecule has 5 nitrogen and oxygen atoms in total. The second-order valence-electron chi connectivity index (χ2n) is 3.46. The Bertz CT molecular complexity index is 412. The highest BCUT2D eigenvalue weighted by Crippen LogP contribution is 2.16. The summed E-state index contributed by atoms with van der Waals surface area (Å²) in [5, 5.41) is 6.10. The number of nitrogens with zero attached hydrogens (tertiary/aromatic N) is 1. The van der Waals surface area contributed by atoms with E-state index in [1.807, 2.05) is 24.3 Å². The van der Waals surface area contributed by atoms with Crippen LogP contribution in [0.1, 0.15) is 0 Å². The van der Waals surface area contributed by atoms with Crippen LogP contribution in [0.2, 0.25) is 0 Å².